The molecule has 16 heavy (non-hydrogen) atoms. The zero-order chi connectivity index (χ0) is 12.1. The molecule has 0 bridgehead atoms. The summed E-state index contributed by atoms with van der Waals surface area (Å²) in [4.78, 5) is 22.1. The van der Waals surface area contributed by atoms with Gasteiger partial charge in [0.1, 0.15) is 5.75 Å². The van der Waals surface area contributed by atoms with Crippen LogP contribution in [0.1, 0.15) is 9.67 Å². The van der Waals surface area contributed by atoms with Crippen LogP contribution in [0.4, 0.5) is 0 Å². The predicted molar refractivity (Wildman–Crippen MR) is 56.8 cm³/mol. The van der Waals surface area contributed by atoms with Gasteiger partial charge in [-0.05, 0) is 0 Å². The van der Waals surface area contributed by atoms with Gasteiger partial charge in [-0.2, -0.15) is 0 Å². The number of carbonyl (C=O) groups excluding carboxylic acids is 1. The Hall–Kier alpha value is -1.60. The summed E-state index contributed by atoms with van der Waals surface area (Å²) in [6.45, 7) is -0.325. The Labute approximate surface area is 95.5 Å². The van der Waals surface area contributed by atoms with E-state index in [2.05, 4.69) is 5.32 Å². The molecule has 0 aliphatic rings. The van der Waals surface area contributed by atoms with E-state index in [-0.39, 0.29) is 6.54 Å². The third-order valence-corrected chi connectivity index (χ3v) is 2.68. The smallest absolute Gasteiger partial charge is 0.334 e. The first-order valence-corrected chi connectivity index (χ1v) is 5.24. The first kappa shape index (κ1) is 12.5. The van der Waals surface area contributed by atoms with Gasteiger partial charge in [-0.1, -0.05) is 0 Å². The van der Waals surface area contributed by atoms with Crippen molar-refractivity contribution in [1.82, 2.24) is 5.32 Å². The second-order valence-electron chi connectivity index (χ2n) is 2.91. The quantitative estimate of drug-likeness (QED) is 0.675. The third kappa shape index (κ3) is 3.21. The Kier molecular flexibility index (Phi) is 4.27. The summed E-state index contributed by atoms with van der Waals surface area (Å²) < 4.78 is 4.90. The van der Waals surface area contributed by atoms with E-state index < -0.39 is 18.0 Å². The van der Waals surface area contributed by atoms with Crippen LogP contribution in [0, 0.1) is 0 Å². The van der Waals surface area contributed by atoms with Crippen molar-refractivity contribution in [3.05, 3.63) is 16.3 Å². The van der Waals surface area contributed by atoms with Crippen LogP contribution in [0.3, 0.4) is 0 Å². The number of aliphatic hydroxyl groups is 1. The Morgan fingerprint density at radius 2 is 2.31 bits per heavy atom. The average molecular weight is 245 g/mol. The van der Waals surface area contributed by atoms with Gasteiger partial charge in [-0.15, -0.1) is 11.3 Å². The zero-order valence-electron chi connectivity index (χ0n) is 8.47. The van der Waals surface area contributed by atoms with Crippen LogP contribution < -0.4 is 10.1 Å². The lowest BCUT2D eigenvalue weighted by molar-refractivity contribution is -0.146. The number of rotatable bonds is 5. The van der Waals surface area contributed by atoms with Crippen LogP contribution in [-0.4, -0.2) is 41.8 Å². The van der Waals surface area contributed by atoms with Gasteiger partial charge in [0, 0.05) is 11.4 Å². The van der Waals surface area contributed by atoms with E-state index in [1.54, 1.807) is 5.38 Å². The highest BCUT2D eigenvalue weighted by molar-refractivity contribution is 7.12. The lowest BCUT2D eigenvalue weighted by atomic mass is 10.3. The number of thiophene rings is 1. The minimum absolute atomic E-state index is 0.325. The first-order valence-electron chi connectivity index (χ1n) is 4.36. The molecule has 0 fully saturated rings. The van der Waals surface area contributed by atoms with Crippen molar-refractivity contribution >= 4 is 23.2 Å². The van der Waals surface area contributed by atoms with Crippen LogP contribution in [0.15, 0.2) is 11.4 Å². The highest BCUT2D eigenvalue weighted by atomic mass is 32.1. The van der Waals surface area contributed by atoms with Gasteiger partial charge in [-0.25, -0.2) is 4.79 Å². The molecule has 1 amide bonds. The highest BCUT2D eigenvalue weighted by Crippen LogP contribution is 2.20. The molecule has 0 saturated carbocycles. The van der Waals surface area contributed by atoms with Gasteiger partial charge < -0.3 is 20.3 Å². The van der Waals surface area contributed by atoms with Crippen molar-refractivity contribution in [3.63, 3.8) is 0 Å². The average Bonchev–Trinajstić information content (AvgIpc) is 2.73. The van der Waals surface area contributed by atoms with Crippen LogP contribution in [0.25, 0.3) is 0 Å². The highest BCUT2D eigenvalue weighted by Gasteiger charge is 2.15. The fourth-order valence-electron chi connectivity index (χ4n) is 0.909. The number of carboxylic acids is 1. The summed E-state index contributed by atoms with van der Waals surface area (Å²) >= 11 is 1.18. The fraction of sp³-hybridized carbons (Fsp3) is 0.333. The van der Waals surface area contributed by atoms with Crippen molar-refractivity contribution < 1.29 is 24.5 Å². The number of hydrogen-bond donors (Lipinski definition) is 3. The summed E-state index contributed by atoms with van der Waals surface area (Å²) in [5.74, 6) is -1.24. The molecule has 0 spiro atoms. The number of aliphatic carboxylic acids is 1. The van der Waals surface area contributed by atoms with Crippen molar-refractivity contribution in [3.8, 4) is 5.75 Å². The van der Waals surface area contributed by atoms with E-state index in [1.165, 1.54) is 24.5 Å². The molecule has 0 radical (unpaired) electrons. The fourth-order valence-corrected chi connectivity index (χ4v) is 1.68. The van der Waals surface area contributed by atoms with Crippen LogP contribution >= 0.6 is 11.3 Å². The summed E-state index contributed by atoms with van der Waals surface area (Å²) in [7, 11) is 1.48. The second kappa shape index (κ2) is 5.47. The topological polar surface area (TPSA) is 95.9 Å². The van der Waals surface area contributed by atoms with E-state index in [9.17, 15) is 9.59 Å². The van der Waals surface area contributed by atoms with Gasteiger partial charge in [-0.3, -0.25) is 4.79 Å². The molecule has 3 N–H and O–H groups in total. The van der Waals surface area contributed by atoms with Gasteiger partial charge in [0.15, 0.2) is 6.10 Å². The summed E-state index contributed by atoms with van der Waals surface area (Å²) in [5.41, 5.74) is 0. The Balaban J connectivity index is 2.49. The van der Waals surface area contributed by atoms with Crippen molar-refractivity contribution in [1.29, 1.82) is 0 Å². The molecule has 0 aliphatic carbocycles. The Morgan fingerprint density at radius 3 is 2.81 bits per heavy atom. The molecule has 1 rings (SSSR count). The van der Waals surface area contributed by atoms with E-state index in [4.69, 9.17) is 14.9 Å². The van der Waals surface area contributed by atoms with Crippen LogP contribution in [0.2, 0.25) is 0 Å². The van der Waals surface area contributed by atoms with Gasteiger partial charge in [0.2, 0.25) is 0 Å². The van der Waals surface area contributed by atoms with Crippen LogP contribution in [0.5, 0.6) is 5.75 Å². The predicted octanol–water partition coefficient (Wildman–Crippen LogP) is -0.0680. The zero-order valence-corrected chi connectivity index (χ0v) is 9.28. The minimum atomic E-state index is -1.59. The standard InChI is InChI=1S/C9H11NO5S/c1-15-5-2-7(16-4-5)8(12)10-3-6(11)9(13)14/h2,4,6,11H,3H2,1H3,(H,10,12)(H,13,14). The summed E-state index contributed by atoms with van der Waals surface area (Å²) in [5, 5.41) is 21.3. The Morgan fingerprint density at radius 1 is 1.62 bits per heavy atom. The van der Waals surface area contributed by atoms with Gasteiger partial charge >= 0.3 is 5.97 Å². The lowest BCUT2D eigenvalue weighted by Gasteiger charge is -2.06. The van der Waals surface area contributed by atoms with E-state index >= 15 is 0 Å². The molecule has 7 heteroatoms. The number of amides is 1. The van der Waals surface area contributed by atoms with E-state index in [1.807, 2.05) is 0 Å². The van der Waals surface area contributed by atoms with Gasteiger partial charge in [0.25, 0.3) is 5.91 Å². The molecule has 88 valence electrons. The lowest BCUT2D eigenvalue weighted by Crippen LogP contribution is -2.36. The normalized spacial score (nSPS) is 11.9. The molecule has 1 unspecified atom stereocenters. The molecule has 1 heterocycles. The first-order chi connectivity index (χ1) is 7.54. The van der Waals surface area contributed by atoms with Gasteiger partial charge in [0.05, 0.1) is 18.5 Å². The van der Waals surface area contributed by atoms with Crippen molar-refractivity contribution in [2.24, 2.45) is 0 Å². The van der Waals surface area contributed by atoms with E-state index in [0.717, 1.165) is 0 Å². The van der Waals surface area contributed by atoms with E-state index in [0.29, 0.717) is 10.6 Å². The summed E-state index contributed by atoms with van der Waals surface area (Å²) in [6, 6.07) is 1.53. The SMILES string of the molecule is COc1csc(C(=O)NCC(O)C(=O)O)c1. The minimum Gasteiger partial charge on any atom is -0.496 e. The number of carboxylic acid groups (broad SMARTS) is 1. The molecular weight excluding hydrogens is 234 g/mol. The maximum Gasteiger partial charge on any atom is 0.334 e. The molecule has 1 aromatic heterocycles. The maximum atomic E-state index is 11.4. The van der Waals surface area contributed by atoms with Crippen molar-refractivity contribution in [2.45, 2.75) is 6.10 Å². The molecule has 1 aromatic rings. The maximum absolute atomic E-state index is 11.4. The van der Waals surface area contributed by atoms with Crippen LogP contribution in [-0.2, 0) is 4.79 Å². The molecular formula is C9H11NO5S. The monoisotopic (exact) mass is 245 g/mol. The number of nitrogens with one attached hydrogen (secondary N) is 1. The third-order valence-electron chi connectivity index (χ3n) is 1.78. The number of carbonyl (C=O) groups is 2. The number of ether oxygens (including phenoxy) is 1. The molecule has 0 aromatic carbocycles. The largest absolute Gasteiger partial charge is 0.496 e. The second-order valence-corrected chi connectivity index (χ2v) is 3.83. The van der Waals surface area contributed by atoms with Crippen molar-refractivity contribution in [2.75, 3.05) is 13.7 Å². The molecule has 6 nitrogen and oxygen atoms in total. The molecule has 0 aliphatic heterocycles. The Bertz CT molecular complexity index is 389. The number of aliphatic hydroxyl groups excluding tert-OH is 1. The number of hydrogen-bond acceptors (Lipinski definition) is 5. The molecule has 1 atom stereocenters. The summed E-state index contributed by atoms with van der Waals surface area (Å²) in [6.07, 6.45) is -1.59. The number of methoxy groups -OCH3 is 1. The molecule has 0 saturated heterocycles.